The van der Waals surface area contributed by atoms with Crippen molar-refractivity contribution in [1.29, 1.82) is 5.41 Å². The van der Waals surface area contributed by atoms with E-state index >= 15 is 0 Å². The van der Waals surface area contributed by atoms with Crippen molar-refractivity contribution in [1.82, 2.24) is 0 Å². The number of carbonyl (C=O) groups is 2. The SMILES string of the molecule is C[N+]1(CC(=O)OC(=O)C(F)(F)F)CCC(C2CCN(c3ccc(C(=N)N)cc3)CC2)CC1. The van der Waals surface area contributed by atoms with E-state index < -0.39 is 18.1 Å². The summed E-state index contributed by atoms with van der Waals surface area (Å²) in [6, 6.07) is 7.69. The second-order valence-electron chi connectivity index (χ2n) is 9.11. The standard InChI is InChI=1S/C22H30F3N4O3/c1-29(14-19(30)32-21(31)22(23,24)25)12-8-16(9-13-29)15-6-10-28(11-7-15)18-4-2-17(3-5-18)20(26)27/h2-5,15-16H,6-14H2,1H3,(H3,26,27)/q+1. The van der Waals surface area contributed by atoms with Crippen LogP contribution in [0.4, 0.5) is 18.9 Å². The van der Waals surface area contributed by atoms with Crippen LogP contribution in [0, 0.1) is 17.2 Å². The molecule has 0 atom stereocenters. The Morgan fingerprint density at radius 1 is 1.09 bits per heavy atom. The maximum atomic E-state index is 12.3. The highest BCUT2D eigenvalue weighted by atomic mass is 19.4. The van der Waals surface area contributed by atoms with Crippen molar-refractivity contribution in [2.75, 3.05) is 44.7 Å². The van der Waals surface area contributed by atoms with Crippen LogP contribution in [0.25, 0.3) is 0 Å². The lowest BCUT2D eigenvalue weighted by atomic mass is 9.78. The van der Waals surface area contributed by atoms with Crippen LogP contribution in [0.1, 0.15) is 31.2 Å². The van der Waals surface area contributed by atoms with Crippen molar-refractivity contribution in [2.45, 2.75) is 31.9 Å². The molecule has 7 nitrogen and oxygen atoms in total. The molecule has 10 heteroatoms. The lowest BCUT2D eigenvalue weighted by molar-refractivity contribution is -0.908. The highest BCUT2D eigenvalue weighted by Crippen LogP contribution is 2.35. The molecule has 0 aromatic heterocycles. The Labute approximate surface area is 185 Å². The van der Waals surface area contributed by atoms with Gasteiger partial charge in [0.1, 0.15) is 5.84 Å². The minimum absolute atomic E-state index is 0.0539. The maximum Gasteiger partial charge on any atom is 0.491 e. The van der Waals surface area contributed by atoms with E-state index in [1.165, 1.54) is 0 Å². The molecule has 0 aliphatic carbocycles. The molecule has 1 aromatic carbocycles. The molecule has 0 saturated carbocycles. The Morgan fingerprint density at radius 3 is 2.12 bits per heavy atom. The number of likely N-dealkylation sites (tertiary alicyclic amines) is 1. The number of esters is 2. The van der Waals surface area contributed by atoms with E-state index in [-0.39, 0.29) is 12.4 Å². The number of hydrogen-bond acceptors (Lipinski definition) is 5. The Morgan fingerprint density at radius 2 is 1.62 bits per heavy atom. The Bertz CT molecular complexity index is 841. The molecule has 2 aliphatic heterocycles. The Kier molecular flexibility index (Phi) is 7.12. The molecule has 3 N–H and O–H groups in total. The molecule has 0 bridgehead atoms. The normalized spacial score (nSPS) is 24.8. The predicted molar refractivity (Wildman–Crippen MR) is 113 cm³/mol. The summed E-state index contributed by atoms with van der Waals surface area (Å²) < 4.78 is 41.1. The first kappa shape index (κ1) is 24.0. The molecule has 0 amide bonds. The van der Waals surface area contributed by atoms with Crippen LogP contribution >= 0.6 is 0 Å². The van der Waals surface area contributed by atoms with Crippen LogP contribution < -0.4 is 10.6 Å². The molecular formula is C22H30F3N4O3+. The van der Waals surface area contributed by atoms with Crippen LogP contribution in [0.2, 0.25) is 0 Å². The van der Waals surface area contributed by atoms with Crippen LogP contribution in [-0.4, -0.2) is 68.2 Å². The van der Waals surface area contributed by atoms with Crippen molar-refractivity contribution in [2.24, 2.45) is 17.6 Å². The molecule has 176 valence electrons. The minimum Gasteiger partial charge on any atom is -0.384 e. The van der Waals surface area contributed by atoms with Gasteiger partial charge < -0.3 is 19.9 Å². The fraction of sp³-hybridized carbons (Fsp3) is 0.591. The average Bonchev–Trinajstić information content (AvgIpc) is 2.73. The second kappa shape index (κ2) is 9.48. The molecule has 0 radical (unpaired) electrons. The monoisotopic (exact) mass is 455 g/mol. The van der Waals surface area contributed by atoms with Crippen molar-refractivity contribution < 1.29 is 32.0 Å². The molecule has 1 aromatic rings. The summed E-state index contributed by atoms with van der Waals surface area (Å²) in [5.74, 6) is -2.42. The smallest absolute Gasteiger partial charge is 0.384 e. The number of hydrogen-bond donors (Lipinski definition) is 2. The van der Waals surface area contributed by atoms with E-state index in [1.807, 2.05) is 31.3 Å². The number of alkyl halides is 3. The zero-order chi connectivity index (χ0) is 23.5. The number of nitrogen functional groups attached to an aromatic ring is 1. The van der Waals surface area contributed by atoms with Gasteiger partial charge in [-0.25, -0.2) is 9.59 Å². The quantitative estimate of drug-likeness (QED) is 0.234. The Balaban J connectivity index is 1.45. The first-order chi connectivity index (χ1) is 15.0. The van der Waals surface area contributed by atoms with Gasteiger partial charge in [0.2, 0.25) is 0 Å². The molecule has 2 heterocycles. The molecule has 2 fully saturated rings. The number of ether oxygens (including phenoxy) is 1. The number of nitrogens with one attached hydrogen (secondary N) is 1. The van der Waals surface area contributed by atoms with E-state index in [9.17, 15) is 22.8 Å². The number of carbonyl (C=O) groups excluding carboxylic acids is 2. The number of amidine groups is 1. The van der Waals surface area contributed by atoms with E-state index in [0.29, 0.717) is 35.0 Å². The molecular weight excluding hydrogens is 425 g/mol. The summed E-state index contributed by atoms with van der Waals surface area (Å²) in [7, 11) is 1.82. The number of nitrogens with zero attached hydrogens (tertiary/aromatic N) is 2. The lowest BCUT2D eigenvalue weighted by Crippen LogP contribution is -2.54. The minimum atomic E-state index is -5.16. The van der Waals surface area contributed by atoms with Crippen molar-refractivity contribution >= 4 is 23.5 Å². The topological polar surface area (TPSA) is 96.5 Å². The number of nitrogens with two attached hydrogens (primary N) is 1. The zero-order valence-corrected chi connectivity index (χ0v) is 18.2. The molecule has 32 heavy (non-hydrogen) atoms. The first-order valence-electron chi connectivity index (χ1n) is 10.8. The Hall–Kier alpha value is -2.62. The summed E-state index contributed by atoms with van der Waals surface area (Å²) >= 11 is 0. The molecule has 2 aliphatic rings. The summed E-state index contributed by atoms with van der Waals surface area (Å²) in [6.07, 6.45) is -1.24. The number of halogens is 3. The van der Waals surface area contributed by atoms with Gasteiger partial charge in [-0.2, -0.15) is 13.2 Å². The number of benzene rings is 1. The van der Waals surface area contributed by atoms with Gasteiger partial charge in [-0.15, -0.1) is 0 Å². The van der Waals surface area contributed by atoms with Crippen LogP contribution in [0.15, 0.2) is 24.3 Å². The first-order valence-corrected chi connectivity index (χ1v) is 10.8. The van der Waals surface area contributed by atoms with Gasteiger partial charge in [0.05, 0.1) is 20.1 Å². The average molecular weight is 456 g/mol. The number of quaternary nitrogens is 1. The van der Waals surface area contributed by atoms with Gasteiger partial charge in [0, 0.05) is 24.3 Å². The van der Waals surface area contributed by atoms with Crippen molar-refractivity contribution in [3.63, 3.8) is 0 Å². The predicted octanol–water partition coefficient (Wildman–Crippen LogP) is 2.68. The molecule has 3 rings (SSSR count). The zero-order valence-electron chi connectivity index (χ0n) is 18.2. The van der Waals surface area contributed by atoms with Gasteiger partial charge in [-0.1, -0.05) is 0 Å². The van der Waals surface area contributed by atoms with E-state index in [2.05, 4.69) is 9.64 Å². The highest BCUT2D eigenvalue weighted by molar-refractivity contribution is 5.95. The van der Waals surface area contributed by atoms with E-state index in [1.54, 1.807) is 0 Å². The third-order valence-electron chi connectivity index (χ3n) is 6.78. The number of piperidine rings is 2. The van der Waals surface area contributed by atoms with E-state index in [0.717, 1.165) is 44.5 Å². The van der Waals surface area contributed by atoms with Gasteiger partial charge in [-0.3, -0.25) is 5.41 Å². The summed E-state index contributed by atoms with van der Waals surface area (Å²) in [4.78, 5) is 25.0. The molecule has 2 saturated heterocycles. The molecule has 0 unspecified atom stereocenters. The van der Waals surface area contributed by atoms with Gasteiger partial charge in [-0.05, 0) is 61.8 Å². The summed E-state index contributed by atoms with van der Waals surface area (Å²) in [5.41, 5.74) is 7.34. The number of rotatable bonds is 5. The fourth-order valence-corrected chi connectivity index (χ4v) is 4.83. The summed E-state index contributed by atoms with van der Waals surface area (Å²) in [5, 5.41) is 7.49. The third-order valence-corrected chi connectivity index (χ3v) is 6.78. The molecule has 0 spiro atoms. The number of anilines is 1. The number of likely N-dealkylation sites (N-methyl/N-ethyl adjacent to an activating group) is 1. The maximum absolute atomic E-state index is 12.3. The highest BCUT2D eigenvalue weighted by Gasteiger charge is 2.44. The third kappa shape index (κ3) is 5.99. The lowest BCUT2D eigenvalue weighted by Gasteiger charge is -2.44. The van der Waals surface area contributed by atoms with Crippen molar-refractivity contribution in [3.8, 4) is 0 Å². The van der Waals surface area contributed by atoms with Crippen LogP contribution in [0.5, 0.6) is 0 Å². The summed E-state index contributed by atoms with van der Waals surface area (Å²) in [6.45, 7) is 3.00. The van der Waals surface area contributed by atoms with Crippen molar-refractivity contribution in [3.05, 3.63) is 29.8 Å². The van der Waals surface area contributed by atoms with Gasteiger partial charge in [0.25, 0.3) is 0 Å². The largest absolute Gasteiger partial charge is 0.491 e. The van der Waals surface area contributed by atoms with Crippen LogP contribution in [0.3, 0.4) is 0 Å². The fourth-order valence-electron chi connectivity index (χ4n) is 4.83. The van der Waals surface area contributed by atoms with Gasteiger partial charge >= 0.3 is 18.1 Å². The second-order valence-corrected chi connectivity index (χ2v) is 9.11. The van der Waals surface area contributed by atoms with Crippen LogP contribution in [-0.2, 0) is 14.3 Å². The van der Waals surface area contributed by atoms with E-state index in [4.69, 9.17) is 11.1 Å². The van der Waals surface area contributed by atoms with Gasteiger partial charge in [0.15, 0.2) is 6.54 Å².